The van der Waals surface area contributed by atoms with Crippen LogP contribution >= 0.6 is 0 Å². The highest BCUT2D eigenvalue weighted by molar-refractivity contribution is 5.73. The van der Waals surface area contributed by atoms with Gasteiger partial charge < -0.3 is 69.3 Å². The molecule has 4 rings (SSSR count). The highest BCUT2D eigenvalue weighted by Crippen LogP contribution is 2.43. The molecule has 0 aliphatic carbocycles. The number of nitrogens with one attached hydrogen (secondary N) is 2. The molecular weight excluding hydrogens is 776 g/mol. The van der Waals surface area contributed by atoms with E-state index in [-0.39, 0.29) is 43.6 Å². The molecule has 1 aromatic rings. The van der Waals surface area contributed by atoms with Crippen molar-refractivity contribution < 1.29 is 63.5 Å². The van der Waals surface area contributed by atoms with Crippen LogP contribution in [0.5, 0.6) is 5.75 Å². The van der Waals surface area contributed by atoms with Crippen molar-refractivity contribution >= 4 is 5.97 Å². The lowest BCUT2D eigenvalue weighted by molar-refractivity contribution is -0.312. The molecule has 0 bridgehead atoms. The van der Waals surface area contributed by atoms with E-state index in [4.69, 9.17) is 33.2 Å². The van der Waals surface area contributed by atoms with Gasteiger partial charge in [0.15, 0.2) is 12.6 Å². The molecule has 0 saturated carbocycles. The Labute approximate surface area is 358 Å². The monoisotopic (exact) mass is 855 g/mol. The van der Waals surface area contributed by atoms with Crippen LogP contribution in [0.15, 0.2) is 18.2 Å². The van der Waals surface area contributed by atoms with Crippen LogP contribution in [0.3, 0.4) is 0 Å². The molecule has 3 heterocycles. The van der Waals surface area contributed by atoms with Gasteiger partial charge in [-0.15, -0.1) is 0 Å². The summed E-state index contributed by atoms with van der Waals surface area (Å²) in [4.78, 5) is 14.3. The summed E-state index contributed by atoms with van der Waals surface area (Å²) in [6, 6.07) is 5.28. The summed E-state index contributed by atoms with van der Waals surface area (Å²) in [5.41, 5.74) is -2.21. The number of esters is 1. The van der Waals surface area contributed by atoms with E-state index < -0.39 is 96.0 Å². The molecule has 0 aromatic heterocycles. The normalized spacial score (nSPS) is 44.0. The Morgan fingerprint density at radius 2 is 1.65 bits per heavy atom. The summed E-state index contributed by atoms with van der Waals surface area (Å²) in [5.74, 6) is -2.54. The molecule has 3 aliphatic rings. The zero-order valence-electron chi connectivity index (χ0n) is 38.3. The second kappa shape index (κ2) is 21.1. The lowest BCUT2D eigenvalue weighted by Gasteiger charge is -2.49. The topological polar surface area (TPSA) is 207 Å². The Bertz CT molecular complexity index is 1520. The lowest BCUT2D eigenvalue weighted by Crippen LogP contribution is -2.59. The standard InChI is InChI=1S/C45H78N2O13/c1-14-36-45(10,53)39(50)27(5)47-21-24(2)19-43(8,52)40(60-42-35(49)18-32(28(6)57-42)33-17-31(54-12)16-15-30(33)22-46-11)25(3)38(26(4)41(51)58-36)59-37-20-44(9,55-13)34(23-48)29(7)56-37/h15-17,24-29,32,34-40,42,46-50,52-53H,14,18-23H2,1-13H3/t24-,25+,26-,27-,28-,29+,32?,34?,35-,36-,37+,38+,39-,40-,42+,43-,44-,45-/m1/s1. The van der Waals surface area contributed by atoms with Crippen molar-refractivity contribution in [2.24, 2.45) is 23.7 Å². The molecule has 0 amide bonds. The zero-order valence-corrected chi connectivity index (χ0v) is 38.3. The average Bonchev–Trinajstić information content (AvgIpc) is 3.19. The highest BCUT2D eigenvalue weighted by Gasteiger charge is 2.52. The van der Waals surface area contributed by atoms with Crippen molar-refractivity contribution in [3.63, 3.8) is 0 Å². The van der Waals surface area contributed by atoms with Crippen LogP contribution in [0.1, 0.15) is 112 Å². The van der Waals surface area contributed by atoms with Gasteiger partial charge in [0.25, 0.3) is 0 Å². The van der Waals surface area contributed by atoms with Crippen molar-refractivity contribution in [3.8, 4) is 5.75 Å². The number of rotatable bonds is 11. The number of aliphatic hydroxyl groups is 5. The van der Waals surface area contributed by atoms with E-state index >= 15 is 0 Å². The molecule has 18 atom stereocenters. The number of carbonyl (C=O) groups excluding carboxylic acids is 1. The van der Waals surface area contributed by atoms with E-state index in [1.807, 2.05) is 59.9 Å². The molecule has 0 radical (unpaired) electrons. The minimum atomic E-state index is -1.82. The molecule has 15 heteroatoms. The van der Waals surface area contributed by atoms with E-state index in [2.05, 4.69) is 10.6 Å². The lowest BCUT2D eigenvalue weighted by atomic mass is 9.77. The maximum atomic E-state index is 14.3. The van der Waals surface area contributed by atoms with Gasteiger partial charge in [-0.3, -0.25) is 4.79 Å². The molecule has 60 heavy (non-hydrogen) atoms. The van der Waals surface area contributed by atoms with Gasteiger partial charge in [0.05, 0.1) is 55.3 Å². The maximum absolute atomic E-state index is 14.3. The zero-order chi connectivity index (χ0) is 44.9. The summed E-state index contributed by atoms with van der Waals surface area (Å²) in [7, 11) is 5.07. The Balaban J connectivity index is 1.78. The number of aliphatic hydroxyl groups excluding tert-OH is 3. The Morgan fingerprint density at radius 3 is 2.25 bits per heavy atom. The number of hydrogen-bond donors (Lipinski definition) is 7. The molecular formula is C45H78N2O13. The van der Waals surface area contributed by atoms with E-state index in [0.717, 1.165) is 11.1 Å². The number of cyclic esters (lactones) is 1. The minimum Gasteiger partial charge on any atom is -0.497 e. The SMILES string of the molecule is CC[C@H]1OC(=O)[C@H](C)[C@@H](O[C@H]2C[C@@](C)(OC)C(CO)[C@H](C)O2)[C@H](C)[C@@H](O[C@@H]2O[C@H](C)C(c3cc(OC)ccc3CNC)C[C@H]2O)[C@](C)(O)C[C@@H](C)CN[C@H](C)[C@@H](O)[C@]1(C)O. The fourth-order valence-electron chi connectivity index (χ4n) is 9.99. The second-order valence-electron chi connectivity index (χ2n) is 18.7. The third-order valence-corrected chi connectivity index (χ3v) is 13.8. The first kappa shape index (κ1) is 50.7. The summed E-state index contributed by atoms with van der Waals surface area (Å²) in [6.45, 7) is 18.6. The van der Waals surface area contributed by atoms with Gasteiger partial charge in [-0.1, -0.05) is 26.8 Å². The number of benzene rings is 1. The Kier molecular flexibility index (Phi) is 17.8. The molecule has 0 spiro atoms. The number of carbonyl (C=O) groups is 1. The van der Waals surface area contributed by atoms with Crippen LogP contribution in [-0.4, -0.2) is 144 Å². The van der Waals surface area contributed by atoms with Crippen LogP contribution in [0, 0.1) is 23.7 Å². The molecule has 15 nitrogen and oxygen atoms in total. The van der Waals surface area contributed by atoms with Gasteiger partial charge in [-0.25, -0.2) is 0 Å². The summed E-state index contributed by atoms with van der Waals surface area (Å²) < 4.78 is 44.1. The fraction of sp³-hybridized carbons (Fsp3) is 0.844. The predicted molar refractivity (Wildman–Crippen MR) is 225 cm³/mol. The molecule has 2 unspecified atom stereocenters. The van der Waals surface area contributed by atoms with Crippen LogP contribution in [0.4, 0.5) is 0 Å². The second-order valence-corrected chi connectivity index (χ2v) is 18.7. The first-order valence-electron chi connectivity index (χ1n) is 21.9. The van der Waals surface area contributed by atoms with E-state index in [1.54, 1.807) is 41.9 Å². The van der Waals surface area contributed by atoms with E-state index in [0.29, 0.717) is 25.3 Å². The van der Waals surface area contributed by atoms with Crippen LogP contribution in [0.2, 0.25) is 0 Å². The molecule has 7 N–H and O–H groups in total. The summed E-state index contributed by atoms with van der Waals surface area (Å²) in [5, 5.41) is 64.4. The molecule has 1 aromatic carbocycles. The van der Waals surface area contributed by atoms with Gasteiger partial charge in [0.2, 0.25) is 0 Å². The molecule has 3 fully saturated rings. The Morgan fingerprint density at radius 1 is 0.967 bits per heavy atom. The van der Waals surface area contributed by atoms with Crippen molar-refractivity contribution in [2.45, 2.75) is 186 Å². The molecule has 3 aliphatic heterocycles. The van der Waals surface area contributed by atoms with E-state index in [1.165, 1.54) is 6.92 Å². The van der Waals surface area contributed by atoms with Gasteiger partial charge in [-0.2, -0.15) is 0 Å². The average molecular weight is 855 g/mol. The van der Waals surface area contributed by atoms with Gasteiger partial charge >= 0.3 is 5.97 Å². The van der Waals surface area contributed by atoms with Crippen LogP contribution < -0.4 is 15.4 Å². The minimum absolute atomic E-state index is 0.174. The first-order valence-corrected chi connectivity index (χ1v) is 21.9. The predicted octanol–water partition coefficient (Wildman–Crippen LogP) is 3.39. The smallest absolute Gasteiger partial charge is 0.311 e. The highest BCUT2D eigenvalue weighted by atomic mass is 16.7. The molecule has 346 valence electrons. The van der Waals surface area contributed by atoms with Gasteiger partial charge in [0, 0.05) is 43.9 Å². The molecule has 3 saturated heterocycles. The number of methoxy groups -OCH3 is 2. The largest absolute Gasteiger partial charge is 0.497 e. The van der Waals surface area contributed by atoms with Gasteiger partial charge in [0.1, 0.15) is 29.7 Å². The van der Waals surface area contributed by atoms with Crippen molar-refractivity contribution in [2.75, 3.05) is 34.4 Å². The maximum Gasteiger partial charge on any atom is 0.311 e. The summed E-state index contributed by atoms with van der Waals surface area (Å²) in [6.07, 6.45) is -7.64. The first-order chi connectivity index (χ1) is 28.1. The third kappa shape index (κ3) is 11.4. The Hall–Kier alpha value is -1.99. The van der Waals surface area contributed by atoms with Crippen molar-refractivity contribution in [3.05, 3.63) is 29.3 Å². The number of ether oxygens (including phenoxy) is 7. The van der Waals surface area contributed by atoms with Crippen molar-refractivity contribution in [1.82, 2.24) is 10.6 Å². The summed E-state index contributed by atoms with van der Waals surface area (Å²) >= 11 is 0. The number of hydrogen-bond acceptors (Lipinski definition) is 15. The van der Waals surface area contributed by atoms with Gasteiger partial charge in [-0.05, 0) is 110 Å². The van der Waals surface area contributed by atoms with Crippen molar-refractivity contribution in [1.29, 1.82) is 0 Å². The van der Waals surface area contributed by atoms with E-state index in [9.17, 15) is 30.3 Å². The van der Waals surface area contributed by atoms with Crippen LogP contribution in [-0.2, 0) is 39.8 Å². The van der Waals surface area contributed by atoms with Crippen LogP contribution in [0.25, 0.3) is 0 Å². The fourth-order valence-corrected chi connectivity index (χ4v) is 9.99. The quantitative estimate of drug-likeness (QED) is 0.159. The third-order valence-electron chi connectivity index (χ3n) is 13.8.